The summed E-state index contributed by atoms with van der Waals surface area (Å²) in [6.45, 7) is 0. The maximum absolute atomic E-state index is 11.7. The molecule has 0 aromatic heterocycles. The van der Waals surface area contributed by atoms with Crippen LogP contribution in [0.4, 0.5) is 0 Å². The molecule has 1 aromatic rings. The monoisotopic (exact) mass is 228 g/mol. The van der Waals surface area contributed by atoms with Crippen molar-refractivity contribution in [1.29, 1.82) is 0 Å². The molecule has 0 saturated carbocycles. The second-order valence-corrected chi connectivity index (χ2v) is 4.47. The molecule has 0 bridgehead atoms. The molecule has 1 saturated heterocycles. The van der Waals surface area contributed by atoms with Gasteiger partial charge in [-0.3, -0.25) is 9.59 Å². The van der Waals surface area contributed by atoms with Gasteiger partial charge < -0.3 is 4.74 Å². The third kappa shape index (κ3) is 1.58. The first-order chi connectivity index (χ1) is 8.27. The minimum Gasteiger partial charge on any atom is -0.393 e. The Balaban J connectivity index is 2.00. The Hall–Kier alpha value is -1.90. The molecule has 3 heteroatoms. The van der Waals surface area contributed by atoms with Crippen molar-refractivity contribution < 1.29 is 14.3 Å². The quantitative estimate of drug-likeness (QED) is 0.419. The van der Waals surface area contributed by atoms with Crippen molar-refractivity contribution in [3.05, 3.63) is 48.0 Å². The van der Waals surface area contributed by atoms with Crippen LogP contribution < -0.4 is 0 Å². The number of carbonyl (C=O) groups is 2. The second kappa shape index (κ2) is 3.84. The number of carbonyl (C=O) groups excluding carboxylic acids is 2. The minimum absolute atomic E-state index is 0.0334. The summed E-state index contributed by atoms with van der Waals surface area (Å²) in [7, 11) is 0. The first-order valence-corrected chi connectivity index (χ1v) is 5.74. The van der Waals surface area contributed by atoms with Crippen LogP contribution in [0.5, 0.6) is 0 Å². The van der Waals surface area contributed by atoms with E-state index in [0.717, 1.165) is 5.56 Å². The van der Waals surface area contributed by atoms with Gasteiger partial charge in [0, 0.05) is 5.92 Å². The van der Waals surface area contributed by atoms with Crippen molar-refractivity contribution in [1.82, 2.24) is 0 Å². The van der Waals surface area contributed by atoms with Crippen molar-refractivity contribution in [2.45, 2.75) is 12.3 Å². The molecule has 1 heterocycles. The molecule has 1 fully saturated rings. The van der Waals surface area contributed by atoms with E-state index in [1.807, 2.05) is 42.5 Å². The Morgan fingerprint density at radius 1 is 1.06 bits per heavy atom. The van der Waals surface area contributed by atoms with Crippen LogP contribution in [0.15, 0.2) is 42.5 Å². The first kappa shape index (κ1) is 10.3. The summed E-state index contributed by atoms with van der Waals surface area (Å²) in [5, 5.41) is 0. The summed E-state index contributed by atoms with van der Waals surface area (Å²) in [4.78, 5) is 23.2. The normalized spacial score (nSPS) is 31.2. The van der Waals surface area contributed by atoms with Gasteiger partial charge in [-0.1, -0.05) is 42.5 Å². The van der Waals surface area contributed by atoms with Crippen LogP contribution in [0.25, 0.3) is 0 Å². The number of rotatable bonds is 1. The van der Waals surface area contributed by atoms with Crippen LogP contribution in [-0.4, -0.2) is 11.9 Å². The van der Waals surface area contributed by atoms with Gasteiger partial charge in [0.2, 0.25) is 0 Å². The van der Waals surface area contributed by atoms with Gasteiger partial charge in [0.05, 0.1) is 11.8 Å². The zero-order valence-electron chi connectivity index (χ0n) is 9.21. The molecule has 2 aliphatic rings. The van der Waals surface area contributed by atoms with E-state index in [1.54, 1.807) is 0 Å². The van der Waals surface area contributed by atoms with Gasteiger partial charge in [-0.25, -0.2) is 0 Å². The maximum atomic E-state index is 11.7. The first-order valence-electron chi connectivity index (χ1n) is 5.74. The van der Waals surface area contributed by atoms with Crippen molar-refractivity contribution in [3.63, 3.8) is 0 Å². The molecule has 1 aromatic carbocycles. The van der Waals surface area contributed by atoms with E-state index in [9.17, 15) is 9.59 Å². The number of esters is 2. The van der Waals surface area contributed by atoms with Crippen LogP contribution >= 0.6 is 0 Å². The molecule has 0 spiro atoms. The molecule has 86 valence electrons. The van der Waals surface area contributed by atoms with Crippen molar-refractivity contribution in [2.24, 2.45) is 11.8 Å². The molecule has 3 rings (SSSR count). The fraction of sp³-hybridized carbons (Fsp3) is 0.286. The Bertz CT molecular complexity index is 489. The van der Waals surface area contributed by atoms with Crippen molar-refractivity contribution >= 4 is 11.9 Å². The number of hydrogen-bond acceptors (Lipinski definition) is 3. The molecule has 0 radical (unpaired) electrons. The number of cyclic esters (lactones) is 2. The predicted molar refractivity (Wildman–Crippen MR) is 61.0 cm³/mol. The molecule has 17 heavy (non-hydrogen) atoms. The molecular weight excluding hydrogens is 216 g/mol. The van der Waals surface area contributed by atoms with E-state index in [0.29, 0.717) is 6.42 Å². The lowest BCUT2D eigenvalue weighted by molar-refractivity contribution is -0.153. The molecule has 3 nitrogen and oxygen atoms in total. The molecule has 0 N–H and O–H groups in total. The van der Waals surface area contributed by atoms with Crippen LogP contribution in [0, 0.1) is 11.8 Å². The molecule has 0 amide bonds. The zero-order valence-corrected chi connectivity index (χ0v) is 9.21. The molecular formula is C14H12O3. The van der Waals surface area contributed by atoms with Crippen molar-refractivity contribution in [2.75, 3.05) is 0 Å². The second-order valence-electron chi connectivity index (χ2n) is 4.47. The van der Waals surface area contributed by atoms with Gasteiger partial charge in [-0.05, 0) is 12.0 Å². The number of ether oxygens (including phenoxy) is 1. The lowest BCUT2D eigenvalue weighted by Gasteiger charge is -2.24. The number of fused-ring (bicyclic) bond motifs is 1. The van der Waals surface area contributed by atoms with E-state index in [2.05, 4.69) is 0 Å². The van der Waals surface area contributed by atoms with E-state index in [-0.39, 0.29) is 29.7 Å². The van der Waals surface area contributed by atoms with Gasteiger partial charge in [0.15, 0.2) is 0 Å². The van der Waals surface area contributed by atoms with Crippen molar-refractivity contribution in [3.8, 4) is 0 Å². The highest BCUT2D eigenvalue weighted by atomic mass is 16.6. The Labute approximate surface area is 99.1 Å². The van der Waals surface area contributed by atoms with Crippen LogP contribution in [0.1, 0.15) is 17.9 Å². The fourth-order valence-electron chi connectivity index (χ4n) is 2.68. The average molecular weight is 228 g/mol. The van der Waals surface area contributed by atoms with Gasteiger partial charge in [-0.15, -0.1) is 0 Å². The summed E-state index contributed by atoms with van der Waals surface area (Å²) in [6.07, 6.45) is 4.59. The van der Waals surface area contributed by atoms with E-state index >= 15 is 0 Å². The summed E-state index contributed by atoms with van der Waals surface area (Å²) >= 11 is 0. The minimum atomic E-state index is -0.377. The average Bonchev–Trinajstić information content (AvgIpc) is 2.66. The van der Waals surface area contributed by atoms with E-state index in [4.69, 9.17) is 4.74 Å². The number of allylic oxidation sites excluding steroid dienone is 2. The van der Waals surface area contributed by atoms with Crippen LogP contribution in [-0.2, 0) is 14.3 Å². The Morgan fingerprint density at radius 3 is 2.59 bits per heavy atom. The van der Waals surface area contributed by atoms with Crippen LogP contribution in [0.3, 0.4) is 0 Å². The van der Waals surface area contributed by atoms with Gasteiger partial charge in [0.1, 0.15) is 0 Å². The molecule has 1 aliphatic carbocycles. The van der Waals surface area contributed by atoms with Gasteiger partial charge >= 0.3 is 11.9 Å². The SMILES string of the molecule is O=C1OC(=O)[C@@H]2CC=C[C@@H](c3ccccc3)[C@@H]12. The summed E-state index contributed by atoms with van der Waals surface area (Å²) < 4.78 is 4.74. The topological polar surface area (TPSA) is 43.4 Å². The Morgan fingerprint density at radius 2 is 1.82 bits per heavy atom. The molecule has 0 unspecified atom stereocenters. The zero-order chi connectivity index (χ0) is 11.8. The molecule has 3 atom stereocenters. The fourth-order valence-corrected chi connectivity index (χ4v) is 2.68. The number of hydrogen-bond donors (Lipinski definition) is 0. The smallest absolute Gasteiger partial charge is 0.318 e. The highest BCUT2D eigenvalue weighted by Crippen LogP contribution is 2.42. The largest absolute Gasteiger partial charge is 0.393 e. The van der Waals surface area contributed by atoms with Gasteiger partial charge in [-0.2, -0.15) is 0 Å². The predicted octanol–water partition coefficient (Wildman–Crippen LogP) is 2.05. The summed E-state index contributed by atoms with van der Waals surface area (Å²) in [6, 6.07) is 9.77. The molecule has 1 aliphatic heterocycles. The van der Waals surface area contributed by atoms with Gasteiger partial charge in [0.25, 0.3) is 0 Å². The Kier molecular flexibility index (Phi) is 2.32. The highest BCUT2D eigenvalue weighted by Gasteiger charge is 2.48. The lowest BCUT2D eigenvalue weighted by Crippen LogP contribution is -2.26. The third-order valence-corrected chi connectivity index (χ3v) is 3.51. The number of benzene rings is 1. The third-order valence-electron chi connectivity index (χ3n) is 3.51. The summed E-state index contributed by atoms with van der Waals surface area (Å²) in [5.41, 5.74) is 1.06. The lowest BCUT2D eigenvalue weighted by atomic mass is 9.74. The standard InChI is InChI=1S/C14H12O3/c15-13-11-8-4-7-10(12(11)14(16)17-13)9-5-2-1-3-6-9/h1-7,10-12H,8H2/t10-,11+,12+/m0/s1. The summed E-state index contributed by atoms with van der Waals surface area (Å²) in [5.74, 6) is -1.41. The van der Waals surface area contributed by atoms with E-state index in [1.165, 1.54) is 0 Å². The van der Waals surface area contributed by atoms with Crippen LogP contribution in [0.2, 0.25) is 0 Å². The maximum Gasteiger partial charge on any atom is 0.318 e. The van der Waals surface area contributed by atoms with E-state index < -0.39 is 0 Å². The highest BCUT2D eigenvalue weighted by molar-refractivity contribution is 5.97.